The van der Waals surface area contributed by atoms with E-state index >= 15 is 0 Å². The van der Waals surface area contributed by atoms with Crippen LogP contribution in [-0.2, 0) is 9.59 Å². The molecular weight excluding hydrogens is 432 g/mol. The molecule has 3 aliphatic heterocycles. The number of benzene rings is 1. The molecule has 34 heavy (non-hydrogen) atoms. The molecule has 4 amide bonds. The number of imide groups is 2. The molecule has 0 bridgehead atoms. The molecule has 1 aromatic rings. The van der Waals surface area contributed by atoms with Gasteiger partial charge in [0.05, 0.1) is 11.1 Å². The molecule has 8 nitrogen and oxygen atoms in total. The standard InChI is InChI=1S/C26H34N4O4/c1-16-13-28(14-17(2)29(16)15-18-6-4-3-5-7-18)19-8-9-20-21(12-19)26(34)30(25(20)33)22-10-11-23(31)27-24(22)32/h8-9,12,16-18,22H,3-7,10-11,13-15H2,1-2H3,(H,27,31,32)/t16-,17-,22?/m0/s1. The summed E-state index contributed by atoms with van der Waals surface area (Å²) in [5.41, 5.74) is 1.61. The van der Waals surface area contributed by atoms with Crippen molar-refractivity contribution in [3.63, 3.8) is 0 Å². The topological polar surface area (TPSA) is 90.0 Å². The van der Waals surface area contributed by atoms with Crippen molar-refractivity contribution in [3.8, 4) is 0 Å². The zero-order chi connectivity index (χ0) is 24.0. The van der Waals surface area contributed by atoms with Gasteiger partial charge < -0.3 is 4.90 Å². The highest BCUT2D eigenvalue weighted by Crippen LogP contribution is 2.33. The van der Waals surface area contributed by atoms with E-state index in [2.05, 4.69) is 29.0 Å². The lowest BCUT2D eigenvalue weighted by atomic mass is 9.88. The van der Waals surface area contributed by atoms with Gasteiger partial charge in [0.25, 0.3) is 11.8 Å². The van der Waals surface area contributed by atoms with E-state index in [0.717, 1.165) is 36.1 Å². The van der Waals surface area contributed by atoms with Crippen LogP contribution in [0, 0.1) is 5.92 Å². The normalized spacial score (nSPS) is 28.9. The second-order valence-electron chi connectivity index (χ2n) is 10.5. The lowest BCUT2D eigenvalue weighted by Gasteiger charge is -2.47. The Hall–Kier alpha value is -2.74. The fraction of sp³-hybridized carbons (Fsp3) is 0.615. The van der Waals surface area contributed by atoms with Crippen molar-refractivity contribution in [2.24, 2.45) is 5.92 Å². The number of rotatable bonds is 4. The third-order valence-electron chi connectivity index (χ3n) is 8.08. The maximum absolute atomic E-state index is 13.2. The lowest BCUT2D eigenvalue weighted by Crippen LogP contribution is -2.58. The molecule has 0 spiro atoms. The number of hydrogen-bond acceptors (Lipinski definition) is 6. The van der Waals surface area contributed by atoms with Gasteiger partial charge in [0, 0.05) is 43.8 Å². The van der Waals surface area contributed by atoms with Crippen LogP contribution in [0.25, 0.3) is 0 Å². The lowest BCUT2D eigenvalue weighted by molar-refractivity contribution is -0.136. The summed E-state index contributed by atoms with van der Waals surface area (Å²) in [4.78, 5) is 55.9. The first-order valence-corrected chi connectivity index (χ1v) is 12.7. The van der Waals surface area contributed by atoms with Gasteiger partial charge in [-0.15, -0.1) is 0 Å². The van der Waals surface area contributed by atoms with Crippen LogP contribution in [0.1, 0.15) is 79.5 Å². The Bertz CT molecular complexity index is 1010. The number of piperidine rings is 1. The predicted molar refractivity (Wildman–Crippen MR) is 128 cm³/mol. The highest BCUT2D eigenvalue weighted by Gasteiger charge is 2.45. The zero-order valence-corrected chi connectivity index (χ0v) is 20.1. The summed E-state index contributed by atoms with van der Waals surface area (Å²) in [7, 11) is 0. The monoisotopic (exact) mass is 466 g/mol. The number of hydrogen-bond donors (Lipinski definition) is 1. The van der Waals surface area contributed by atoms with Crippen LogP contribution in [0.4, 0.5) is 5.69 Å². The number of amides is 4. The molecule has 3 fully saturated rings. The molecule has 3 atom stereocenters. The number of nitrogens with one attached hydrogen (secondary N) is 1. The smallest absolute Gasteiger partial charge is 0.262 e. The molecule has 1 aromatic carbocycles. The van der Waals surface area contributed by atoms with Crippen LogP contribution in [0.5, 0.6) is 0 Å². The van der Waals surface area contributed by atoms with Crippen LogP contribution in [-0.4, -0.2) is 71.2 Å². The maximum atomic E-state index is 13.2. The molecule has 5 rings (SSSR count). The Morgan fingerprint density at radius 3 is 2.24 bits per heavy atom. The van der Waals surface area contributed by atoms with E-state index in [1.165, 1.54) is 32.1 Å². The van der Waals surface area contributed by atoms with Crippen molar-refractivity contribution >= 4 is 29.3 Å². The third kappa shape index (κ3) is 4.13. The number of carbonyl (C=O) groups is 4. The first-order valence-electron chi connectivity index (χ1n) is 12.7. The largest absolute Gasteiger partial charge is 0.368 e. The van der Waals surface area contributed by atoms with Crippen molar-refractivity contribution in [2.75, 3.05) is 24.5 Å². The molecule has 1 unspecified atom stereocenters. The average molecular weight is 467 g/mol. The van der Waals surface area contributed by atoms with Gasteiger partial charge in [-0.1, -0.05) is 19.3 Å². The van der Waals surface area contributed by atoms with Crippen LogP contribution in [0.2, 0.25) is 0 Å². The molecule has 0 radical (unpaired) electrons. The van der Waals surface area contributed by atoms with Crippen molar-refractivity contribution in [1.29, 1.82) is 0 Å². The van der Waals surface area contributed by atoms with Gasteiger partial charge in [-0.3, -0.25) is 34.3 Å². The number of anilines is 1. The Labute approximate surface area is 200 Å². The van der Waals surface area contributed by atoms with E-state index < -0.39 is 23.8 Å². The molecule has 1 N–H and O–H groups in total. The fourth-order valence-electron chi connectivity index (χ4n) is 6.25. The molecule has 2 saturated heterocycles. The van der Waals surface area contributed by atoms with E-state index in [9.17, 15) is 19.2 Å². The van der Waals surface area contributed by atoms with Gasteiger partial charge in [0.2, 0.25) is 11.8 Å². The SMILES string of the molecule is C[C@H]1CN(c2ccc3c(c2)C(=O)N(C2CCC(=O)NC2=O)C3=O)C[C@H](C)N1CC1CCCCC1. The summed E-state index contributed by atoms with van der Waals surface area (Å²) in [6.07, 6.45) is 7.04. The molecular formula is C26H34N4O4. The van der Waals surface area contributed by atoms with Gasteiger partial charge in [0.15, 0.2) is 0 Å². The third-order valence-corrected chi connectivity index (χ3v) is 8.08. The highest BCUT2D eigenvalue weighted by molar-refractivity contribution is 6.23. The summed E-state index contributed by atoms with van der Waals surface area (Å²) in [6, 6.07) is 5.29. The van der Waals surface area contributed by atoms with Crippen molar-refractivity contribution in [2.45, 2.75) is 76.9 Å². The maximum Gasteiger partial charge on any atom is 0.262 e. The van der Waals surface area contributed by atoms with Gasteiger partial charge in [-0.05, 0) is 57.2 Å². The van der Waals surface area contributed by atoms with Crippen LogP contribution >= 0.6 is 0 Å². The zero-order valence-electron chi connectivity index (χ0n) is 20.1. The Balaban J connectivity index is 1.31. The van der Waals surface area contributed by atoms with Gasteiger partial charge in [0.1, 0.15) is 6.04 Å². The second-order valence-corrected chi connectivity index (χ2v) is 10.5. The van der Waals surface area contributed by atoms with Crippen molar-refractivity contribution < 1.29 is 19.2 Å². The molecule has 3 heterocycles. The van der Waals surface area contributed by atoms with E-state index in [0.29, 0.717) is 23.2 Å². The minimum Gasteiger partial charge on any atom is -0.368 e. The quantitative estimate of drug-likeness (QED) is 0.686. The molecule has 182 valence electrons. The average Bonchev–Trinajstić information content (AvgIpc) is 3.06. The predicted octanol–water partition coefficient (Wildman–Crippen LogP) is 2.57. The summed E-state index contributed by atoms with van der Waals surface area (Å²) in [5, 5.41) is 2.24. The summed E-state index contributed by atoms with van der Waals surface area (Å²) >= 11 is 0. The summed E-state index contributed by atoms with van der Waals surface area (Å²) in [5.74, 6) is -1.06. The van der Waals surface area contributed by atoms with Crippen molar-refractivity contribution in [3.05, 3.63) is 29.3 Å². The molecule has 8 heteroatoms. The van der Waals surface area contributed by atoms with Gasteiger partial charge >= 0.3 is 0 Å². The van der Waals surface area contributed by atoms with E-state index in [-0.39, 0.29) is 18.7 Å². The van der Waals surface area contributed by atoms with Crippen LogP contribution in [0.15, 0.2) is 18.2 Å². The van der Waals surface area contributed by atoms with E-state index in [1.54, 1.807) is 12.1 Å². The van der Waals surface area contributed by atoms with E-state index in [4.69, 9.17) is 0 Å². The molecule has 1 aliphatic carbocycles. The molecule has 1 saturated carbocycles. The minimum absolute atomic E-state index is 0.121. The highest BCUT2D eigenvalue weighted by atomic mass is 16.2. The van der Waals surface area contributed by atoms with Crippen LogP contribution < -0.4 is 10.2 Å². The first kappa shape index (κ1) is 23.0. The Morgan fingerprint density at radius 1 is 0.882 bits per heavy atom. The molecule has 0 aromatic heterocycles. The fourth-order valence-corrected chi connectivity index (χ4v) is 6.25. The Kier molecular flexibility index (Phi) is 6.18. The molecule has 4 aliphatic rings. The van der Waals surface area contributed by atoms with E-state index in [1.807, 2.05) is 6.07 Å². The number of carbonyl (C=O) groups excluding carboxylic acids is 4. The van der Waals surface area contributed by atoms with Gasteiger partial charge in [-0.2, -0.15) is 0 Å². The van der Waals surface area contributed by atoms with Gasteiger partial charge in [-0.25, -0.2) is 0 Å². The Morgan fingerprint density at radius 2 is 1.56 bits per heavy atom. The summed E-state index contributed by atoms with van der Waals surface area (Å²) in [6.45, 7) is 7.45. The first-order chi connectivity index (χ1) is 16.3. The number of fused-ring (bicyclic) bond motifs is 1. The number of piperazine rings is 1. The van der Waals surface area contributed by atoms with Crippen molar-refractivity contribution in [1.82, 2.24) is 15.1 Å². The minimum atomic E-state index is -0.933. The summed E-state index contributed by atoms with van der Waals surface area (Å²) < 4.78 is 0. The van der Waals surface area contributed by atoms with Crippen LogP contribution in [0.3, 0.4) is 0 Å². The number of nitrogens with zero attached hydrogens (tertiary/aromatic N) is 3. The second kappa shape index (κ2) is 9.13.